The van der Waals surface area contributed by atoms with E-state index in [1.54, 1.807) is 12.1 Å². The minimum Gasteiger partial charge on any atom is -0.255 e. The second-order valence-corrected chi connectivity index (χ2v) is 4.33. The first kappa shape index (κ1) is 11.2. The van der Waals surface area contributed by atoms with Crippen LogP contribution in [0.1, 0.15) is 5.56 Å². The quantitative estimate of drug-likeness (QED) is 0.809. The highest BCUT2D eigenvalue weighted by molar-refractivity contribution is 7.97. The number of rotatable bonds is 4. The largest absolute Gasteiger partial charge is 0.255 e. The van der Waals surface area contributed by atoms with Gasteiger partial charge in [0.05, 0.1) is 0 Å². The molecule has 0 aromatic heterocycles. The summed E-state index contributed by atoms with van der Waals surface area (Å²) in [4.78, 5) is 1.01. The molecule has 0 aliphatic carbocycles. The van der Waals surface area contributed by atoms with Crippen LogP contribution in [0, 0.1) is 5.82 Å². The first-order valence-electron chi connectivity index (χ1n) is 5.04. The summed E-state index contributed by atoms with van der Waals surface area (Å²) in [6, 6.07) is 16.6. The van der Waals surface area contributed by atoms with Gasteiger partial charge >= 0.3 is 0 Å². The van der Waals surface area contributed by atoms with Crippen LogP contribution in [0.5, 0.6) is 0 Å². The Labute approximate surface area is 98.8 Å². The van der Waals surface area contributed by atoms with Crippen molar-refractivity contribution in [3.8, 4) is 0 Å². The normalized spacial score (nSPS) is 10.3. The van der Waals surface area contributed by atoms with E-state index in [0.717, 1.165) is 11.4 Å². The summed E-state index contributed by atoms with van der Waals surface area (Å²) in [5, 5.41) is 0. The Hall–Kier alpha value is -1.32. The van der Waals surface area contributed by atoms with Crippen LogP contribution < -0.4 is 4.72 Å². The van der Waals surface area contributed by atoms with E-state index in [-0.39, 0.29) is 5.82 Å². The van der Waals surface area contributed by atoms with Gasteiger partial charge in [0.15, 0.2) is 0 Å². The van der Waals surface area contributed by atoms with Crippen LogP contribution in [0.25, 0.3) is 0 Å². The third-order valence-corrected chi connectivity index (χ3v) is 2.92. The Morgan fingerprint density at radius 1 is 0.938 bits per heavy atom. The number of halogens is 1. The van der Waals surface area contributed by atoms with E-state index < -0.39 is 0 Å². The molecule has 0 amide bonds. The summed E-state index contributed by atoms with van der Waals surface area (Å²) in [5.74, 6) is -0.201. The molecule has 2 aromatic rings. The average molecular weight is 233 g/mol. The highest BCUT2D eigenvalue weighted by atomic mass is 32.2. The standard InChI is InChI=1S/C13H12FNS/c14-12-6-8-13(9-7-12)16-15-10-11-4-2-1-3-5-11/h1-9,15H,10H2. The van der Waals surface area contributed by atoms with Crippen LogP contribution >= 0.6 is 11.9 Å². The molecule has 82 valence electrons. The predicted molar refractivity (Wildman–Crippen MR) is 65.5 cm³/mol. The van der Waals surface area contributed by atoms with Crippen LogP contribution in [0.4, 0.5) is 4.39 Å². The third-order valence-electron chi connectivity index (χ3n) is 2.12. The average Bonchev–Trinajstić information content (AvgIpc) is 2.33. The zero-order valence-electron chi connectivity index (χ0n) is 8.69. The van der Waals surface area contributed by atoms with Crippen molar-refractivity contribution in [2.75, 3.05) is 0 Å². The highest BCUT2D eigenvalue weighted by Gasteiger charge is 1.95. The lowest BCUT2D eigenvalue weighted by molar-refractivity contribution is 0.626. The molecule has 0 unspecified atom stereocenters. The van der Waals surface area contributed by atoms with E-state index >= 15 is 0 Å². The van der Waals surface area contributed by atoms with Crippen molar-refractivity contribution in [3.05, 3.63) is 66.0 Å². The van der Waals surface area contributed by atoms with Gasteiger partial charge in [0, 0.05) is 11.4 Å². The monoisotopic (exact) mass is 233 g/mol. The number of hydrogen-bond acceptors (Lipinski definition) is 2. The van der Waals surface area contributed by atoms with Crippen molar-refractivity contribution < 1.29 is 4.39 Å². The molecule has 1 nitrogen and oxygen atoms in total. The van der Waals surface area contributed by atoms with Crippen LogP contribution in [-0.2, 0) is 6.54 Å². The molecule has 3 heteroatoms. The van der Waals surface area contributed by atoms with Gasteiger partial charge in [-0.3, -0.25) is 4.72 Å². The third kappa shape index (κ3) is 3.36. The molecule has 0 aliphatic heterocycles. The molecular weight excluding hydrogens is 221 g/mol. The molecule has 2 aromatic carbocycles. The van der Waals surface area contributed by atoms with Gasteiger partial charge in [-0.2, -0.15) is 0 Å². The lowest BCUT2D eigenvalue weighted by Crippen LogP contribution is -2.02. The Bertz CT molecular complexity index is 427. The van der Waals surface area contributed by atoms with Gasteiger partial charge in [0.1, 0.15) is 5.82 Å². The fraction of sp³-hybridized carbons (Fsp3) is 0.0769. The van der Waals surface area contributed by atoms with Crippen molar-refractivity contribution in [1.29, 1.82) is 0 Å². The summed E-state index contributed by atoms with van der Waals surface area (Å²) in [6.07, 6.45) is 0. The molecule has 0 saturated heterocycles. The molecule has 1 N–H and O–H groups in total. The molecule has 0 saturated carbocycles. The maximum Gasteiger partial charge on any atom is 0.123 e. The number of benzene rings is 2. The van der Waals surface area contributed by atoms with Crippen molar-refractivity contribution in [1.82, 2.24) is 4.72 Å². The Morgan fingerprint density at radius 2 is 1.62 bits per heavy atom. The summed E-state index contributed by atoms with van der Waals surface area (Å²) < 4.78 is 15.9. The second-order valence-electron chi connectivity index (χ2n) is 3.36. The van der Waals surface area contributed by atoms with Gasteiger partial charge in [0.25, 0.3) is 0 Å². The van der Waals surface area contributed by atoms with E-state index in [9.17, 15) is 4.39 Å². The van der Waals surface area contributed by atoms with Crippen LogP contribution in [-0.4, -0.2) is 0 Å². The molecule has 0 radical (unpaired) electrons. The van der Waals surface area contributed by atoms with Gasteiger partial charge < -0.3 is 0 Å². The van der Waals surface area contributed by atoms with Crippen molar-refractivity contribution in [2.24, 2.45) is 0 Å². The van der Waals surface area contributed by atoms with E-state index in [1.165, 1.54) is 29.6 Å². The summed E-state index contributed by atoms with van der Waals surface area (Å²) >= 11 is 1.51. The molecule has 0 aliphatic rings. The van der Waals surface area contributed by atoms with Gasteiger partial charge in [0.2, 0.25) is 0 Å². The molecule has 0 bridgehead atoms. The molecule has 2 rings (SSSR count). The van der Waals surface area contributed by atoms with Gasteiger partial charge in [-0.1, -0.05) is 30.3 Å². The first-order valence-corrected chi connectivity index (χ1v) is 5.85. The lowest BCUT2D eigenvalue weighted by atomic mass is 10.2. The number of nitrogens with one attached hydrogen (secondary N) is 1. The van der Waals surface area contributed by atoms with Crippen molar-refractivity contribution >= 4 is 11.9 Å². The summed E-state index contributed by atoms with van der Waals surface area (Å²) in [7, 11) is 0. The zero-order valence-corrected chi connectivity index (χ0v) is 9.51. The lowest BCUT2D eigenvalue weighted by Gasteiger charge is -2.03. The zero-order chi connectivity index (χ0) is 11.2. The molecule has 16 heavy (non-hydrogen) atoms. The maximum atomic E-state index is 12.6. The minimum absolute atomic E-state index is 0.201. The second kappa shape index (κ2) is 5.68. The molecule has 0 spiro atoms. The molecule has 0 heterocycles. The van der Waals surface area contributed by atoms with Crippen LogP contribution in [0.3, 0.4) is 0 Å². The van der Waals surface area contributed by atoms with Crippen LogP contribution in [0.2, 0.25) is 0 Å². The highest BCUT2D eigenvalue weighted by Crippen LogP contribution is 2.15. The smallest absolute Gasteiger partial charge is 0.123 e. The summed E-state index contributed by atoms with van der Waals surface area (Å²) in [5.41, 5.74) is 1.23. The van der Waals surface area contributed by atoms with Crippen molar-refractivity contribution in [3.63, 3.8) is 0 Å². The SMILES string of the molecule is Fc1ccc(SNCc2ccccc2)cc1. The molecule has 0 atom stereocenters. The minimum atomic E-state index is -0.201. The fourth-order valence-corrected chi connectivity index (χ4v) is 1.98. The Kier molecular flexibility index (Phi) is 3.97. The van der Waals surface area contributed by atoms with Crippen LogP contribution in [0.15, 0.2) is 59.5 Å². The first-order chi connectivity index (χ1) is 7.84. The van der Waals surface area contributed by atoms with Gasteiger partial charge in [-0.15, -0.1) is 0 Å². The topological polar surface area (TPSA) is 12.0 Å². The Morgan fingerprint density at radius 3 is 2.31 bits per heavy atom. The predicted octanol–water partition coefficient (Wildman–Crippen LogP) is 3.62. The molecule has 0 fully saturated rings. The van der Waals surface area contributed by atoms with Crippen molar-refractivity contribution in [2.45, 2.75) is 11.4 Å². The van der Waals surface area contributed by atoms with E-state index in [0.29, 0.717) is 0 Å². The molecular formula is C13H12FNS. The Balaban J connectivity index is 1.82. The number of hydrogen-bond donors (Lipinski definition) is 1. The maximum absolute atomic E-state index is 12.6. The van der Waals surface area contributed by atoms with Gasteiger partial charge in [-0.05, 0) is 41.8 Å². The van der Waals surface area contributed by atoms with E-state index in [4.69, 9.17) is 0 Å². The fourth-order valence-electron chi connectivity index (χ4n) is 1.30. The van der Waals surface area contributed by atoms with E-state index in [2.05, 4.69) is 16.9 Å². The summed E-state index contributed by atoms with van der Waals surface area (Å²) in [6.45, 7) is 0.795. The van der Waals surface area contributed by atoms with Gasteiger partial charge in [-0.25, -0.2) is 4.39 Å². The van der Waals surface area contributed by atoms with E-state index in [1.807, 2.05) is 18.2 Å².